The standard InChI is InChI=1S/C18H30FNO/c1-14(2)12-20-13-16(9-10-21-18(3,4)5)15-7-6-8-17(19)11-15/h6-8,11,14,16,20H,9-10,12-13H2,1-5H3. The molecule has 0 heterocycles. The van der Waals surface area contributed by atoms with Crippen molar-refractivity contribution >= 4 is 0 Å². The molecule has 0 aliphatic heterocycles. The number of rotatable bonds is 8. The SMILES string of the molecule is CC(C)CNCC(CCOC(C)(C)C)c1cccc(F)c1. The molecule has 0 radical (unpaired) electrons. The minimum absolute atomic E-state index is 0.127. The summed E-state index contributed by atoms with van der Waals surface area (Å²) >= 11 is 0. The van der Waals surface area contributed by atoms with Crippen molar-refractivity contribution in [1.29, 1.82) is 0 Å². The lowest BCUT2D eigenvalue weighted by atomic mass is 9.95. The van der Waals surface area contributed by atoms with Crippen LogP contribution in [0.15, 0.2) is 24.3 Å². The minimum Gasteiger partial charge on any atom is -0.376 e. The maximum Gasteiger partial charge on any atom is 0.123 e. The molecule has 1 aromatic rings. The van der Waals surface area contributed by atoms with Crippen LogP contribution >= 0.6 is 0 Å². The van der Waals surface area contributed by atoms with E-state index in [9.17, 15) is 4.39 Å². The topological polar surface area (TPSA) is 21.3 Å². The first kappa shape index (κ1) is 18.1. The van der Waals surface area contributed by atoms with Gasteiger partial charge in [0.25, 0.3) is 0 Å². The van der Waals surface area contributed by atoms with Crippen molar-refractivity contribution in [3.8, 4) is 0 Å². The zero-order chi connectivity index (χ0) is 15.9. The number of hydrogen-bond acceptors (Lipinski definition) is 2. The van der Waals surface area contributed by atoms with E-state index < -0.39 is 0 Å². The Morgan fingerprint density at radius 1 is 1.19 bits per heavy atom. The van der Waals surface area contributed by atoms with E-state index in [0.717, 1.165) is 25.1 Å². The number of hydrogen-bond donors (Lipinski definition) is 1. The van der Waals surface area contributed by atoms with Gasteiger partial charge in [-0.2, -0.15) is 0 Å². The second-order valence-electron chi connectivity index (χ2n) is 7.05. The van der Waals surface area contributed by atoms with E-state index >= 15 is 0 Å². The average molecular weight is 295 g/mol. The molecule has 1 aromatic carbocycles. The molecule has 0 saturated heterocycles. The van der Waals surface area contributed by atoms with Gasteiger partial charge in [0.15, 0.2) is 0 Å². The molecule has 0 spiro atoms. The molecular formula is C18H30FNO. The van der Waals surface area contributed by atoms with Gasteiger partial charge in [0.05, 0.1) is 5.60 Å². The van der Waals surface area contributed by atoms with Gasteiger partial charge in [-0.3, -0.25) is 0 Å². The average Bonchev–Trinajstić information content (AvgIpc) is 2.35. The van der Waals surface area contributed by atoms with Gasteiger partial charge in [0.1, 0.15) is 5.82 Å². The Balaban J connectivity index is 2.61. The van der Waals surface area contributed by atoms with Crippen molar-refractivity contribution in [3.05, 3.63) is 35.6 Å². The quantitative estimate of drug-likeness (QED) is 0.769. The maximum atomic E-state index is 13.4. The van der Waals surface area contributed by atoms with Gasteiger partial charge < -0.3 is 10.1 Å². The molecule has 0 amide bonds. The lowest BCUT2D eigenvalue weighted by Gasteiger charge is -2.23. The fourth-order valence-corrected chi connectivity index (χ4v) is 2.20. The molecule has 3 heteroatoms. The van der Waals surface area contributed by atoms with E-state index in [0.29, 0.717) is 12.5 Å². The van der Waals surface area contributed by atoms with E-state index in [2.05, 4.69) is 39.9 Å². The lowest BCUT2D eigenvalue weighted by Crippen LogP contribution is -2.27. The van der Waals surface area contributed by atoms with E-state index in [4.69, 9.17) is 4.74 Å². The van der Waals surface area contributed by atoms with E-state index in [1.807, 2.05) is 6.07 Å². The first-order chi connectivity index (χ1) is 9.78. The van der Waals surface area contributed by atoms with Crippen molar-refractivity contribution in [1.82, 2.24) is 5.32 Å². The third-order valence-corrected chi connectivity index (χ3v) is 3.26. The smallest absolute Gasteiger partial charge is 0.123 e. The minimum atomic E-state index is -0.168. The highest BCUT2D eigenvalue weighted by Gasteiger charge is 2.15. The number of halogens is 1. The van der Waals surface area contributed by atoms with Gasteiger partial charge in [-0.15, -0.1) is 0 Å². The molecular weight excluding hydrogens is 265 g/mol. The third kappa shape index (κ3) is 8.18. The summed E-state index contributed by atoms with van der Waals surface area (Å²) in [5.41, 5.74) is 0.918. The molecule has 1 atom stereocenters. The van der Waals surface area contributed by atoms with Gasteiger partial charge >= 0.3 is 0 Å². The van der Waals surface area contributed by atoms with Crippen molar-refractivity contribution < 1.29 is 9.13 Å². The van der Waals surface area contributed by atoms with Crippen LogP contribution in [0, 0.1) is 11.7 Å². The Bertz CT molecular complexity index is 412. The Kier molecular flexibility index (Phi) is 7.33. The van der Waals surface area contributed by atoms with Crippen molar-refractivity contribution in [2.24, 2.45) is 5.92 Å². The largest absolute Gasteiger partial charge is 0.376 e. The highest BCUT2D eigenvalue weighted by Crippen LogP contribution is 2.21. The molecule has 21 heavy (non-hydrogen) atoms. The predicted molar refractivity (Wildman–Crippen MR) is 87.2 cm³/mol. The second-order valence-corrected chi connectivity index (χ2v) is 7.05. The molecule has 1 N–H and O–H groups in total. The molecule has 0 aromatic heterocycles. The molecule has 1 rings (SSSR count). The van der Waals surface area contributed by atoms with Crippen LogP contribution < -0.4 is 5.32 Å². The Morgan fingerprint density at radius 3 is 2.48 bits per heavy atom. The summed E-state index contributed by atoms with van der Waals surface area (Å²) in [4.78, 5) is 0. The molecule has 0 aliphatic rings. The lowest BCUT2D eigenvalue weighted by molar-refractivity contribution is -0.00625. The molecule has 2 nitrogen and oxygen atoms in total. The summed E-state index contributed by atoms with van der Waals surface area (Å²) in [5, 5.41) is 3.47. The maximum absolute atomic E-state index is 13.4. The van der Waals surface area contributed by atoms with Gasteiger partial charge in [-0.05, 0) is 63.3 Å². The van der Waals surface area contributed by atoms with Crippen molar-refractivity contribution in [2.45, 2.75) is 52.6 Å². The summed E-state index contributed by atoms with van der Waals surface area (Å²) < 4.78 is 19.3. The highest BCUT2D eigenvalue weighted by molar-refractivity contribution is 5.21. The molecule has 0 fully saturated rings. The fraction of sp³-hybridized carbons (Fsp3) is 0.667. The Morgan fingerprint density at radius 2 is 1.90 bits per heavy atom. The summed E-state index contributed by atoms with van der Waals surface area (Å²) in [6.45, 7) is 13.1. The summed E-state index contributed by atoms with van der Waals surface area (Å²) in [7, 11) is 0. The number of nitrogens with one attached hydrogen (secondary N) is 1. The van der Waals surface area contributed by atoms with Crippen LogP contribution in [-0.4, -0.2) is 25.3 Å². The Hall–Kier alpha value is -0.930. The second kappa shape index (κ2) is 8.50. The van der Waals surface area contributed by atoms with Crippen LogP contribution in [0.2, 0.25) is 0 Å². The van der Waals surface area contributed by atoms with Crippen LogP contribution in [0.1, 0.15) is 52.5 Å². The third-order valence-electron chi connectivity index (χ3n) is 3.26. The zero-order valence-corrected chi connectivity index (χ0v) is 14.1. The van der Waals surface area contributed by atoms with Crippen LogP contribution in [0.3, 0.4) is 0 Å². The van der Waals surface area contributed by atoms with Gasteiger partial charge in [0.2, 0.25) is 0 Å². The van der Waals surface area contributed by atoms with E-state index in [1.54, 1.807) is 12.1 Å². The van der Waals surface area contributed by atoms with Crippen molar-refractivity contribution in [3.63, 3.8) is 0 Å². The fourth-order valence-electron chi connectivity index (χ4n) is 2.20. The summed E-state index contributed by atoms with van der Waals surface area (Å²) in [6.07, 6.45) is 0.895. The van der Waals surface area contributed by atoms with Crippen LogP contribution in [0.4, 0.5) is 4.39 Å². The van der Waals surface area contributed by atoms with Crippen LogP contribution in [-0.2, 0) is 4.74 Å². The number of benzene rings is 1. The predicted octanol–water partition coefficient (Wildman–Crippen LogP) is 4.36. The highest BCUT2D eigenvalue weighted by atomic mass is 19.1. The normalized spacial score (nSPS) is 13.7. The first-order valence-electron chi connectivity index (χ1n) is 7.88. The Labute approximate surface area is 129 Å². The van der Waals surface area contributed by atoms with E-state index in [1.165, 1.54) is 6.07 Å². The molecule has 1 unspecified atom stereocenters. The molecule has 0 bridgehead atoms. The van der Waals surface area contributed by atoms with Crippen molar-refractivity contribution in [2.75, 3.05) is 19.7 Å². The molecule has 120 valence electrons. The zero-order valence-electron chi connectivity index (χ0n) is 14.1. The number of ether oxygens (including phenoxy) is 1. The van der Waals surface area contributed by atoms with Gasteiger partial charge in [-0.25, -0.2) is 4.39 Å². The monoisotopic (exact) mass is 295 g/mol. The van der Waals surface area contributed by atoms with Gasteiger partial charge in [0, 0.05) is 13.2 Å². The van der Waals surface area contributed by atoms with Gasteiger partial charge in [-0.1, -0.05) is 26.0 Å². The summed E-state index contributed by atoms with van der Waals surface area (Å²) in [6, 6.07) is 6.92. The van der Waals surface area contributed by atoms with Crippen LogP contribution in [0.25, 0.3) is 0 Å². The van der Waals surface area contributed by atoms with Crippen LogP contribution in [0.5, 0.6) is 0 Å². The molecule has 0 aliphatic carbocycles. The summed E-state index contributed by atoms with van der Waals surface area (Å²) in [5.74, 6) is 0.726. The molecule has 0 saturated carbocycles. The van der Waals surface area contributed by atoms with E-state index in [-0.39, 0.29) is 17.3 Å². The first-order valence-corrected chi connectivity index (χ1v) is 7.88.